The molecular weight excluding hydrogens is 500 g/mol. The van der Waals surface area contributed by atoms with E-state index in [1.807, 2.05) is 49.4 Å². The Morgan fingerprint density at radius 3 is 2.33 bits per heavy atom. The van der Waals surface area contributed by atoms with Gasteiger partial charge in [-0.2, -0.15) is 5.10 Å². The van der Waals surface area contributed by atoms with Crippen molar-refractivity contribution in [2.45, 2.75) is 25.8 Å². The molecule has 0 spiro atoms. The molecule has 10 heteroatoms. The van der Waals surface area contributed by atoms with Crippen LogP contribution < -0.4 is 14.2 Å². The molecule has 2 amide bonds. The van der Waals surface area contributed by atoms with Gasteiger partial charge in [0.1, 0.15) is 23.8 Å². The lowest BCUT2D eigenvalue weighted by molar-refractivity contribution is -0.141. The summed E-state index contributed by atoms with van der Waals surface area (Å²) in [6.07, 6.45) is 0.807. The van der Waals surface area contributed by atoms with Gasteiger partial charge in [-0.3, -0.25) is 14.5 Å². The Hall–Kier alpha value is -3.63. The lowest BCUT2D eigenvalue weighted by Crippen LogP contribution is -2.46. The van der Waals surface area contributed by atoms with Crippen molar-refractivity contribution in [2.75, 3.05) is 67.3 Å². The summed E-state index contributed by atoms with van der Waals surface area (Å²) in [7, 11) is 4.83. The number of carbonyl (C=O) groups excluding carboxylic acids is 2. The van der Waals surface area contributed by atoms with E-state index in [4.69, 9.17) is 24.0 Å². The summed E-state index contributed by atoms with van der Waals surface area (Å²) in [6, 6.07) is 12.7. The summed E-state index contributed by atoms with van der Waals surface area (Å²) in [4.78, 5) is 30.6. The number of carbonyl (C=O) groups is 2. The number of hydrazone groups is 1. The van der Waals surface area contributed by atoms with Gasteiger partial charge in [0.2, 0.25) is 5.91 Å². The second kappa shape index (κ2) is 13.4. The molecule has 1 fully saturated rings. The molecule has 2 aromatic carbocycles. The van der Waals surface area contributed by atoms with Crippen molar-refractivity contribution >= 4 is 17.5 Å². The first-order chi connectivity index (χ1) is 19.0. The normalized spacial score (nSPS) is 17.5. The van der Waals surface area contributed by atoms with Crippen molar-refractivity contribution in [3.8, 4) is 17.2 Å². The van der Waals surface area contributed by atoms with Crippen LogP contribution in [0.25, 0.3) is 0 Å². The van der Waals surface area contributed by atoms with E-state index in [1.165, 1.54) is 5.01 Å². The van der Waals surface area contributed by atoms with E-state index in [0.29, 0.717) is 50.6 Å². The van der Waals surface area contributed by atoms with Gasteiger partial charge in [-0.1, -0.05) is 6.92 Å². The third-order valence-electron chi connectivity index (χ3n) is 7.16. The average Bonchev–Trinajstić information content (AvgIpc) is 3.44. The predicted molar refractivity (Wildman–Crippen MR) is 147 cm³/mol. The number of nitrogens with zero attached hydrogens (tertiary/aromatic N) is 4. The zero-order valence-corrected chi connectivity index (χ0v) is 23.2. The third-order valence-corrected chi connectivity index (χ3v) is 7.16. The van der Waals surface area contributed by atoms with Crippen LogP contribution in [0.5, 0.6) is 17.2 Å². The maximum Gasteiger partial charge on any atom is 0.262 e. The van der Waals surface area contributed by atoms with Gasteiger partial charge in [0.15, 0.2) is 0 Å². The molecule has 0 aromatic heterocycles. The standard InChI is InChI=1S/C29H38N4O6/c1-5-28(34)32(13-12-31-14-16-39-17-15-31)20-29(35)33-26(24-18-23(37-3)10-11-27(24)38-4)19-25(30-33)21-6-8-22(36-2)9-7-21/h6-11,18,26H,5,12-17,19-20H2,1-4H3/t26-/m0/s1. The molecule has 1 atom stereocenters. The molecule has 0 radical (unpaired) electrons. The number of benzene rings is 2. The fourth-order valence-electron chi connectivity index (χ4n) is 4.88. The Bertz CT molecular complexity index is 1160. The zero-order valence-electron chi connectivity index (χ0n) is 23.2. The van der Waals surface area contributed by atoms with Crippen LogP contribution in [-0.2, 0) is 14.3 Å². The van der Waals surface area contributed by atoms with Gasteiger partial charge in [0.25, 0.3) is 5.91 Å². The van der Waals surface area contributed by atoms with Gasteiger partial charge in [-0.05, 0) is 48.0 Å². The van der Waals surface area contributed by atoms with Crippen LogP contribution in [0.3, 0.4) is 0 Å². The summed E-state index contributed by atoms with van der Waals surface area (Å²) in [5.74, 6) is 1.72. The monoisotopic (exact) mass is 538 g/mol. The molecule has 39 heavy (non-hydrogen) atoms. The molecule has 0 unspecified atom stereocenters. The SMILES string of the molecule is CCC(=O)N(CCN1CCOCC1)CC(=O)N1N=C(c2ccc(OC)cc2)C[C@H]1c1cc(OC)ccc1OC. The van der Waals surface area contributed by atoms with Crippen LogP contribution in [-0.4, -0.2) is 99.6 Å². The van der Waals surface area contributed by atoms with Crippen LogP contribution >= 0.6 is 0 Å². The minimum atomic E-state index is -0.419. The molecule has 2 aliphatic heterocycles. The Balaban J connectivity index is 1.61. The zero-order chi connectivity index (χ0) is 27.8. The molecule has 4 rings (SSSR count). The van der Waals surface area contributed by atoms with Crippen molar-refractivity contribution in [1.82, 2.24) is 14.8 Å². The van der Waals surface area contributed by atoms with Gasteiger partial charge in [0, 0.05) is 44.6 Å². The molecule has 2 aliphatic rings. The number of ether oxygens (including phenoxy) is 4. The Morgan fingerprint density at radius 1 is 1.00 bits per heavy atom. The Labute approximate surface area is 230 Å². The first-order valence-electron chi connectivity index (χ1n) is 13.3. The number of methoxy groups -OCH3 is 3. The molecule has 2 heterocycles. The lowest BCUT2D eigenvalue weighted by atomic mass is 9.97. The summed E-state index contributed by atoms with van der Waals surface area (Å²) in [6.45, 7) is 5.92. The van der Waals surface area contributed by atoms with Crippen molar-refractivity contribution < 1.29 is 28.5 Å². The van der Waals surface area contributed by atoms with E-state index < -0.39 is 6.04 Å². The highest BCUT2D eigenvalue weighted by atomic mass is 16.5. The van der Waals surface area contributed by atoms with Gasteiger partial charge >= 0.3 is 0 Å². The van der Waals surface area contributed by atoms with Crippen molar-refractivity contribution in [1.29, 1.82) is 0 Å². The maximum absolute atomic E-state index is 13.8. The van der Waals surface area contributed by atoms with Crippen LogP contribution in [0.15, 0.2) is 47.6 Å². The highest BCUT2D eigenvalue weighted by molar-refractivity contribution is 6.03. The van der Waals surface area contributed by atoms with Crippen molar-refractivity contribution in [2.24, 2.45) is 5.10 Å². The molecule has 210 valence electrons. The summed E-state index contributed by atoms with van der Waals surface area (Å²) < 4.78 is 21.9. The van der Waals surface area contributed by atoms with E-state index in [-0.39, 0.29) is 18.4 Å². The molecular formula is C29H38N4O6. The molecule has 0 saturated carbocycles. The second-order valence-corrected chi connectivity index (χ2v) is 9.46. The largest absolute Gasteiger partial charge is 0.497 e. The predicted octanol–water partition coefficient (Wildman–Crippen LogP) is 2.96. The summed E-state index contributed by atoms with van der Waals surface area (Å²) in [5, 5.41) is 6.29. The molecule has 0 bridgehead atoms. The third kappa shape index (κ3) is 6.88. The van der Waals surface area contributed by atoms with Crippen LogP contribution in [0.4, 0.5) is 0 Å². The number of hydrogen-bond acceptors (Lipinski definition) is 8. The number of amides is 2. The molecule has 0 aliphatic carbocycles. The molecule has 1 saturated heterocycles. The minimum Gasteiger partial charge on any atom is -0.497 e. The topological polar surface area (TPSA) is 93.1 Å². The Morgan fingerprint density at radius 2 is 1.69 bits per heavy atom. The van der Waals surface area contributed by atoms with Crippen molar-refractivity contribution in [3.63, 3.8) is 0 Å². The Kier molecular flexibility index (Phi) is 9.78. The smallest absolute Gasteiger partial charge is 0.262 e. The molecule has 10 nitrogen and oxygen atoms in total. The number of rotatable bonds is 11. The summed E-state index contributed by atoms with van der Waals surface area (Å²) >= 11 is 0. The van der Waals surface area contributed by atoms with E-state index in [0.717, 1.165) is 35.7 Å². The van der Waals surface area contributed by atoms with Gasteiger partial charge in [0.05, 0.1) is 46.3 Å². The first kappa shape index (κ1) is 28.4. The van der Waals surface area contributed by atoms with Gasteiger partial charge in [-0.25, -0.2) is 5.01 Å². The van der Waals surface area contributed by atoms with E-state index >= 15 is 0 Å². The second-order valence-electron chi connectivity index (χ2n) is 9.46. The molecule has 0 N–H and O–H groups in total. The van der Waals surface area contributed by atoms with Crippen LogP contribution in [0, 0.1) is 0 Å². The number of morpholine rings is 1. The van der Waals surface area contributed by atoms with E-state index in [2.05, 4.69) is 4.90 Å². The van der Waals surface area contributed by atoms with Gasteiger partial charge < -0.3 is 23.8 Å². The average molecular weight is 539 g/mol. The van der Waals surface area contributed by atoms with E-state index in [9.17, 15) is 9.59 Å². The maximum atomic E-state index is 13.8. The fraction of sp³-hybridized carbons (Fsp3) is 0.483. The first-order valence-corrected chi connectivity index (χ1v) is 13.3. The van der Waals surface area contributed by atoms with Crippen molar-refractivity contribution in [3.05, 3.63) is 53.6 Å². The summed E-state index contributed by atoms with van der Waals surface area (Å²) in [5.41, 5.74) is 2.45. The molecule has 2 aromatic rings. The highest BCUT2D eigenvalue weighted by Crippen LogP contribution is 2.39. The number of hydrogen-bond donors (Lipinski definition) is 0. The van der Waals surface area contributed by atoms with Crippen LogP contribution in [0.2, 0.25) is 0 Å². The van der Waals surface area contributed by atoms with Gasteiger partial charge in [-0.15, -0.1) is 0 Å². The van der Waals surface area contributed by atoms with E-state index in [1.54, 1.807) is 26.2 Å². The fourth-order valence-corrected chi connectivity index (χ4v) is 4.88. The van der Waals surface area contributed by atoms with Crippen LogP contribution in [0.1, 0.15) is 36.9 Å². The quantitative estimate of drug-likeness (QED) is 0.434. The minimum absolute atomic E-state index is 0.0564. The lowest BCUT2D eigenvalue weighted by Gasteiger charge is -2.31. The highest BCUT2D eigenvalue weighted by Gasteiger charge is 2.36.